The van der Waals surface area contributed by atoms with Gasteiger partial charge in [0.2, 0.25) is 0 Å². The molecule has 0 atom stereocenters. The molecule has 45 valence electrons. The van der Waals surface area contributed by atoms with Crippen LogP contribution in [-0.4, -0.2) is 0 Å². The molecule has 1 heteroatoms. The Balaban J connectivity index is 2.97. The second-order valence-corrected chi connectivity index (χ2v) is 3.54. The molecule has 0 aliphatic heterocycles. The van der Waals surface area contributed by atoms with Gasteiger partial charge in [0.1, 0.15) is 0 Å². The minimum absolute atomic E-state index is 0.606. The van der Waals surface area contributed by atoms with E-state index in [9.17, 15) is 0 Å². The molecule has 1 rings (SSSR count). The van der Waals surface area contributed by atoms with E-state index in [0.717, 1.165) is 5.56 Å². The minimum atomic E-state index is 0.606. The fourth-order valence-electron chi connectivity index (χ4n) is 0.739. The Bertz CT molecular complexity index is 261. The number of benzene rings is 1. The molecule has 0 N–H and O–H groups in total. The molecule has 0 saturated carbocycles. The van der Waals surface area contributed by atoms with Crippen LogP contribution in [0.25, 0.3) is 0 Å². The van der Waals surface area contributed by atoms with Gasteiger partial charge in [-0.25, -0.2) is 0 Å². The summed E-state index contributed by atoms with van der Waals surface area (Å²) in [5.41, 5.74) is 2.43. The van der Waals surface area contributed by atoms with E-state index < -0.39 is 0 Å². The summed E-state index contributed by atoms with van der Waals surface area (Å²) in [4.78, 5) is 0. The molecule has 0 aliphatic carbocycles. The molecule has 10 heavy (non-hydrogen) atoms. The topological polar surface area (TPSA) is 0 Å². The van der Waals surface area contributed by atoms with Crippen molar-refractivity contribution in [2.45, 2.75) is 6.92 Å². The molecular formula is C9H7Hg. The molecular weight excluding hydrogens is 309 g/mol. The van der Waals surface area contributed by atoms with Crippen molar-refractivity contribution in [2.24, 2.45) is 0 Å². The average molecular weight is 316 g/mol. The van der Waals surface area contributed by atoms with Gasteiger partial charge in [0.15, 0.2) is 0 Å². The van der Waals surface area contributed by atoms with Crippen molar-refractivity contribution in [3.63, 3.8) is 0 Å². The van der Waals surface area contributed by atoms with Crippen LogP contribution in [0.2, 0.25) is 0 Å². The molecule has 0 fully saturated rings. The zero-order valence-corrected chi connectivity index (χ0v) is 11.5. The summed E-state index contributed by atoms with van der Waals surface area (Å²) >= 11 is 0.606. The third-order valence-electron chi connectivity index (χ3n) is 1.28. The van der Waals surface area contributed by atoms with Crippen molar-refractivity contribution in [1.82, 2.24) is 0 Å². The molecule has 0 radical (unpaired) electrons. The molecule has 0 bridgehead atoms. The monoisotopic (exact) mass is 317 g/mol. The van der Waals surface area contributed by atoms with Gasteiger partial charge in [-0.05, 0) is 0 Å². The van der Waals surface area contributed by atoms with Crippen molar-refractivity contribution >= 4 is 0 Å². The standard InChI is InChI=1S/C9H7.Hg/c1-3-9-6-4-8(2)5-7-9;/h4-7H,2H3;. The fraction of sp³-hybridized carbons (Fsp3) is 0.111. The predicted octanol–water partition coefficient (Wildman–Crippen LogP) is 1.85. The first-order valence-corrected chi connectivity index (χ1v) is 5.92. The van der Waals surface area contributed by atoms with E-state index in [1.807, 2.05) is 0 Å². The van der Waals surface area contributed by atoms with Crippen LogP contribution in [0.4, 0.5) is 0 Å². The summed E-state index contributed by atoms with van der Waals surface area (Å²) in [5.74, 6) is 3.07. The zero-order valence-electron chi connectivity index (χ0n) is 6.02. The van der Waals surface area contributed by atoms with E-state index in [2.05, 4.69) is 40.5 Å². The van der Waals surface area contributed by atoms with Gasteiger partial charge in [0, 0.05) is 0 Å². The van der Waals surface area contributed by atoms with E-state index in [0.29, 0.717) is 26.1 Å². The Labute approximate surface area is 77.6 Å². The van der Waals surface area contributed by atoms with E-state index in [-0.39, 0.29) is 0 Å². The average Bonchev–Trinajstić information content (AvgIpc) is 1.95. The first-order valence-electron chi connectivity index (χ1n) is 3.17. The van der Waals surface area contributed by atoms with Crippen LogP contribution in [0.1, 0.15) is 11.1 Å². The summed E-state index contributed by atoms with van der Waals surface area (Å²) in [7, 11) is 0. The summed E-state index contributed by atoms with van der Waals surface area (Å²) in [5, 5.41) is 0. The van der Waals surface area contributed by atoms with Crippen LogP contribution in [0.15, 0.2) is 24.3 Å². The second kappa shape index (κ2) is 3.78. The molecule has 0 heterocycles. The molecule has 0 saturated heterocycles. The van der Waals surface area contributed by atoms with Crippen LogP contribution in [0.3, 0.4) is 0 Å². The van der Waals surface area contributed by atoms with Crippen LogP contribution in [0.5, 0.6) is 0 Å². The molecule has 0 nitrogen and oxygen atoms in total. The molecule has 0 aliphatic rings. The van der Waals surface area contributed by atoms with Gasteiger partial charge in [-0.1, -0.05) is 0 Å². The van der Waals surface area contributed by atoms with Crippen molar-refractivity contribution in [3.05, 3.63) is 35.4 Å². The Morgan fingerprint density at radius 2 is 1.80 bits per heavy atom. The molecule has 0 amide bonds. The maximum atomic E-state index is 3.07. The van der Waals surface area contributed by atoms with E-state index >= 15 is 0 Å². The first-order chi connectivity index (χ1) is 4.83. The third kappa shape index (κ3) is 2.15. The Morgan fingerprint density at radius 3 is 2.30 bits per heavy atom. The van der Waals surface area contributed by atoms with Gasteiger partial charge >= 0.3 is 77.8 Å². The van der Waals surface area contributed by atoms with Crippen LogP contribution >= 0.6 is 0 Å². The van der Waals surface area contributed by atoms with Crippen LogP contribution in [-0.2, 0) is 26.1 Å². The van der Waals surface area contributed by atoms with Crippen molar-refractivity contribution in [2.75, 3.05) is 0 Å². The second-order valence-electron chi connectivity index (χ2n) is 2.17. The van der Waals surface area contributed by atoms with Gasteiger partial charge < -0.3 is 0 Å². The summed E-state index contributed by atoms with van der Waals surface area (Å²) in [6.45, 7) is 2.08. The van der Waals surface area contributed by atoms with E-state index in [1.54, 1.807) is 0 Å². The SMILES string of the molecule is Cc1ccc(C#[C][Hg])cc1. The fourth-order valence-corrected chi connectivity index (χ4v) is 1.53. The Kier molecular flexibility index (Phi) is 2.95. The summed E-state index contributed by atoms with van der Waals surface area (Å²) in [6.07, 6.45) is 0. The van der Waals surface area contributed by atoms with E-state index in [4.69, 9.17) is 0 Å². The Morgan fingerprint density at radius 1 is 1.20 bits per heavy atom. The predicted molar refractivity (Wildman–Crippen MR) is 38.1 cm³/mol. The van der Waals surface area contributed by atoms with Crippen molar-refractivity contribution in [3.8, 4) is 9.35 Å². The maximum absolute atomic E-state index is 3.07. The quantitative estimate of drug-likeness (QED) is 0.506. The zero-order chi connectivity index (χ0) is 7.40. The summed E-state index contributed by atoms with van der Waals surface area (Å²) < 4.78 is 3.05. The van der Waals surface area contributed by atoms with Gasteiger partial charge in [-0.15, -0.1) is 0 Å². The van der Waals surface area contributed by atoms with Gasteiger partial charge in [-0.3, -0.25) is 0 Å². The third-order valence-corrected chi connectivity index (χ3v) is 1.97. The molecule has 1 aromatic carbocycles. The van der Waals surface area contributed by atoms with Crippen LogP contribution < -0.4 is 0 Å². The Hall–Kier alpha value is -0.285. The van der Waals surface area contributed by atoms with Gasteiger partial charge in [0.25, 0.3) is 0 Å². The normalized spacial score (nSPS) is 8.30. The number of rotatable bonds is 0. The van der Waals surface area contributed by atoms with Gasteiger partial charge in [0.05, 0.1) is 0 Å². The van der Waals surface area contributed by atoms with Crippen molar-refractivity contribution < 1.29 is 26.1 Å². The molecule has 0 aromatic heterocycles. The molecule has 0 unspecified atom stereocenters. The summed E-state index contributed by atoms with van der Waals surface area (Å²) in [6, 6.07) is 8.31. The van der Waals surface area contributed by atoms with E-state index in [1.165, 1.54) is 5.56 Å². The number of hydrogen-bond donors (Lipinski definition) is 0. The van der Waals surface area contributed by atoms with Crippen LogP contribution in [0, 0.1) is 16.3 Å². The number of hydrogen-bond acceptors (Lipinski definition) is 0. The first kappa shape index (κ1) is 7.82. The molecule has 0 spiro atoms. The number of aryl methyl sites for hydroxylation is 1. The van der Waals surface area contributed by atoms with Gasteiger partial charge in [-0.2, -0.15) is 0 Å². The van der Waals surface area contributed by atoms with Crippen molar-refractivity contribution in [1.29, 1.82) is 0 Å². The molecule has 1 aromatic rings.